The van der Waals surface area contributed by atoms with Crippen LogP contribution in [-0.4, -0.2) is 62.3 Å². The van der Waals surface area contributed by atoms with Crippen LogP contribution < -0.4 is 0 Å². The van der Waals surface area contributed by atoms with Crippen LogP contribution >= 0.6 is 0 Å². The first-order chi connectivity index (χ1) is 27.0. The predicted octanol–water partition coefficient (Wildman–Crippen LogP) is 15.1. The fourth-order valence-electron chi connectivity index (χ4n) is 7.28. The molecule has 1 aliphatic rings. The molecule has 0 aromatic rings. The average Bonchev–Trinajstić information content (AvgIpc) is 3.60. The lowest BCUT2D eigenvalue weighted by Gasteiger charge is -2.28. The standard InChI is InChI=1S/C50H91N3O2/c1-7-10-12-14-16-18-20-22-24-26-28-30-32-34-36-38-42-50(43-39-37-35-33-31-29-27-25-23-21-19-17-15-13-11-8-2)54-47-49(55-50)41-40-48(9-3)46-53(51-4)45-44-52(5)6/h16-19,22-25,46,49H,4,7-15,20-21,26-45,47H2,1-3,5-6H3/b18-16-,19-17-,24-22-,25-23-,48-46+. The van der Waals surface area contributed by atoms with Crippen LogP contribution in [0.3, 0.4) is 0 Å². The van der Waals surface area contributed by atoms with Gasteiger partial charge in [-0.2, -0.15) is 5.10 Å². The lowest BCUT2D eigenvalue weighted by molar-refractivity contribution is -0.179. The molecule has 0 bridgehead atoms. The van der Waals surface area contributed by atoms with Crippen molar-refractivity contribution >= 4 is 6.72 Å². The molecule has 1 aliphatic heterocycles. The number of hydrazone groups is 1. The topological polar surface area (TPSA) is 37.3 Å². The Balaban J connectivity index is 2.45. The zero-order valence-corrected chi connectivity index (χ0v) is 37.3. The van der Waals surface area contributed by atoms with Crippen LogP contribution in [0, 0.1) is 0 Å². The van der Waals surface area contributed by atoms with Crippen molar-refractivity contribution < 1.29 is 9.47 Å². The number of rotatable bonds is 39. The van der Waals surface area contributed by atoms with Crippen molar-refractivity contribution in [3.63, 3.8) is 0 Å². The summed E-state index contributed by atoms with van der Waals surface area (Å²) in [6, 6.07) is 0. The van der Waals surface area contributed by atoms with Crippen LogP contribution in [0.25, 0.3) is 0 Å². The van der Waals surface area contributed by atoms with E-state index in [1.165, 1.54) is 147 Å². The summed E-state index contributed by atoms with van der Waals surface area (Å²) in [4.78, 5) is 2.19. The summed E-state index contributed by atoms with van der Waals surface area (Å²) in [6.45, 7) is 13.1. The lowest BCUT2D eigenvalue weighted by atomic mass is 9.98. The second-order valence-corrected chi connectivity index (χ2v) is 16.4. The Morgan fingerprint density at radius 2 is 1.07 bits per heavy atom. The number of unbranched alkanes of at least 4 members (excludes halogenated alkanes) is 18. The summed E-state index contributed by atoms with van der Waals surface area (Å²) in [6.07, 6.45) is 57.0. The van der Waals surface area contributed by atoms with Crippen molar-refractivity contribution in [2.45, 2.75) is 219 Å². The molecule has 5 heteroatoms. The first kappa shape index (κ1) is 51.1. The predicted molar refractivity (Wildman–Crippen MR) is 244 cm³/mol. The third-order valence-corrected chi connectivity index (χ3v) is 11.0. The highest BCUT2D eigenvalue weighted by Gasteiger charge is 2.40. The number of allylic oxidation sites excluding steroid dienone is 9. The summed E-state index contributed by atoms with van der Waals surface area (Å²) in [7, 11) is 4.20. The number of hydrogen-bond acceptors (Lipinski definition) is 5. The molecule has 0 spiro atoms. The molecule has 1 atom stereocenters. The van der Waals surface area contributed by atoms with Gasteiger partial charge < -0.3 is 14.4 Å². The van der Waals surface area contributed by atoms with Crippen LogP contribution in [-0.2, 0) is 9.47 Å². The molecular formula is C50H91N3O2. The molecule has 0 radical (unpaired) electrons. The molecule has 0 aromatic heterocycles. The van der Waals surface area contributed by atoms with E-state index < -0.39 is 0 Å². The molecule has 0 aromatic carbocycles. The second-order valence-electron chi connectivity index (χ2n) is 16.4. The molecule has 0 N–H and O–H groups in total. The molecule has 1 unspecified atom stereocenters. The molecule has 5 nitrogen and oxygen atoms in total. The van der Waals surface area contributed by atoms with E-state index >= 15 is 0 Å². The van der Waals surface area contributed by atoms with Gasteiger partial charge >= 0.3 is 0 Å². The third kappa shape index (κ3) is 30.8. The summed E-state index contributed by atoms with van der Waals surface area (Å²) in [5.74, 6) is -0.383. The van der Waals surface area contributed by atoms with Crippen molar-refractivity contribution in [1.82, 2.24) is 9.91 Å². The van der Waals surface area contributed by atoms with Gasteiger partial charge in [0.05, 0.1) is 19.3 Å². The van der Waals surface area contributed by atoms with E-state index in [0.717, 1.165) is 64.6 Å². The first-order valence-electron chi connectivity index (χ1n) is 23.5. The zero-order chi connectivity index (χ0) is 39.9. The van der Waals surface area contributed by atoms with Gasteiger partial charge in [-0.3, -0.25) is 5.01 Å². The molecule has 0 aliphatic carbocycles. The van der Waals surface area contributed by atoms with E-state index in [1.807, 2.05) is 5.01 Å². The van der Waals surface area contributed by atoms with Gasteiger partial charge in [-0.05, 0) is 110 Å². The number of nitrogens with zero attached hydrogens (tertiary/aromatic N) is 3. The largest absolute Gasteiger partial charge is 0.347 e. The minimum absolute atomic E-state index is 0.177. The SMILES string of the molecule is C=NN(/C=C(\CC)CCC1COC(CCCCCCCC/C=C\C/C=C\CCCCC)(CCCCCCCC/C=C\C/C=C\CCCCC)O1)CCN(C)C. The van der Waals surface area contributed by atoms with Crippen LogP contribution in [0.4, 0.5) is 0 Å². The normalized spacial score (nSPS) is 16.3. The maximum atomic E-state index is 6.87. The smallest absolute Gasteiger partial charge is 0.168 e. The molecule has 0 amide bonds. The van der Waals surface area contributed by atoms with Gasteiger partial charge in [0.1, 0.15) is 0 Å². The molecule has 318 valence electrons. The Bertz CT molecular complexity index is 965. The Labute approximate surface area is 343 Å². The highest BCUT2D eigenvalue weighted by Crippen LogP contribution is 2.36. The second kappa shape index (κ2) is 37.6. The average molecular weight is 766 g/mol. The van der Waals surface area contributed by atoms with E-state index in [1.54, 1.807) is 0 Å². The van der Waals surface area contributed by atoms with Crippen LogP contribution in [0.2, 0.25) is 0 Å². The van der Waals surface area contributed by atoms with E-state index in [4.69, 9.17) is 9.47 Å². The maximum Gasteiger partial charge on any atom is 0.168 e. The van der Waals surface area contributed by atoms with Gasteiger partial charge in [-0.1, -0.05) is 152 Å². The summed E-state index contributed by atoms with van der Waals surface area (Å²) >= 11 is 0. The van der Waals surface area contributed by atoms with Gasteiger partial charge in [-0.25, -0.2) is 0 Å². The molecular weight excluding hydrogens is 675 g/mol. The van der Waals surface area contributed by atoms with Crippen molar-refractivity contribution in [2.75, 3.05) is 33.8 Å². The van der Waals surface area contributed by atoms with E-state index in [0.29, 0.717) is 0 Å². The van der Waals surface area contributed by atoms with E-state index in [-0.39, 0.29) is 11.9 Å². The van der Waals surface area contributed by atoms with Crippen LogP contribution in [0.5, 0.6) is 0 Å². The van der Waals surface area contributed by atoms with Crippen LogP contribution in [0.1, 0.15) is 207 Å². The number of hydrogen-bond donors (Lipinski definition) is 0. The van der Waals surface area contributed by atoms with Crippen LogP contribution in [0.15, 0.2) is 65.5 Å². The van der Waals surface area contributed by atoms with Crippen molar-refractivity contribution in [2.24, 2.45) is 5.10 Å². The summed E-state index contributed by atoms with van der Waals surface area (Å²) in [5.41, 5.74) is 1.41. The van der Waals surface area contributed by atoms with E-state index in [2.05, 4.69) is 106 Å². The molecule has 0 saturated carbocycles. The fourth-order valence-corrected chi connectivity index (χ4v) is 7.28. The molecule has 1 heterocycles. The monoisotopic (exact) mass is 766 g/mol. The fraction of sp³-hybridized carbons (Fsp3) is 0.780. The Morgan fingerprint density at radius 3 is 1.51 bits per heavy atom. The Morgan fingerprint density at radius 1 is 0.618 bits per heavy atom. The van der Waals surface area contributed by atoms with Gasteiger partial charge in [0.25, 0.3) is 0 Å². The van der Waals surface area contributed by atoms with Crippen molar-refractivity contribution in [1.29, 1.82) is 0 Å². The molecule has 55 heavy (non-hydrogen) atoms. The summed E-state index contributed by atoms with van der Waals surface area (Å²) < 4.78 is 13.5. The molecule has 1 saturated heterocycles. The zero-order valence-electron chi connectivity index (χ0n) is 37.3. The van der Waals surface area contributed by atoms with Gasteiger partial charge in [0, 0.05) is 32.3 Å². The van der Waals surface area contributed by atoms with Gasteiger partial charge in [0.2, 0.25) is 0 Å². The number of likely N-dealkylation sites (N-methyl/N-ethyl adjacent to an activating group) is 1. The number of ether oxygens (including phenoxy) is 2. The Kier molecular flexibility index (Phi) is 34.9. The highest BCUT2D eigenvalue weighted by atomic mass is 16.7. The maximum absolute atomic E-state index is 6.87. The van der Waals surface area contributed by atoms with Gasteiger partial charge in [0.15, 0.2) is 5.79 Å². The molecule has 1 fully saturated rings. The lowest BCUT2D eigenvalue weighted by Crippen LogP contribution is -2.31. The third-order valence-electron chi connectivity index (χ3n) is 11.0. The minimum atomic E-state index is -0.383. The minimum Gasteiger partial charge on any atom is -0.347 e. The summed E-state index contributed by atoms with van der Waals surface area (Å²) in [5, 5.41) is 6.24. The van der Waals surface area contributed by atoms with Crippen molar-refractivity contribution in [3.8, 4) is 0 Å². The Hall–Kier alpha value is -1.95. The molecule has 1 rings (SSSR count). The highest BCUT2D eigenvalue weighted by molar-refractivity contribution is 5.23. The van der Waals surface area contributed by atoms with E-state index in [9.17, 15) is 0 Å². The van der Waals surface area contributed by atoms with Crippen molar-refractivity contribution in [3.05, 3.63) is 60.4 Å². The first-order valence-corrected chi connectivity index (χ1v) is 23.5. The van der Waals surface area contributed by atoms with Gasteiger partial charge in [-0.15, -0.1) is 0 Å². The quantitative estimate of drug-likeness (QED) is 0.0270.